The van der Waals surface area contributed by atoms with Gasteiger partial charge in [0.15, 0.2) is 5.82 Å². The van der Waals surface area contributed by atoms with Gasteiger partial charge in [0.1, 0.15) is 5.82 Å². The molecule has 2 aliphatic rings. The molecule has 2 aromatic rings. The molecule has 1 saturated carbocycles. The molecule has 132 valence electrons. The number of amides is 1. The molecule has 4 rings (SSSR count). The van der Waals surface area contributed by atoms with Gasteiger partial charge in [-0.1, -0.05) is 0 Å². The fourth-order valence-corrected chi connectivity index (χ4v) is 3.11. The second-order valence-electron chi connectivity index (χ2n) is 6.94. The van der Waals surface area contributed by atoms with Crippen molar-refractivity contribution >= 4 is 23.5 Å². The molecule has 1 aliphatic heterocycles. The van der Waals surface area contributed by atoms with Gasteiger partial charge in [-0.05, 0) is 51.9 Å². The first-order valence-corrected chi connectivity index (χ1v) is 8.82. The van der Waals surface area contributed by atoms with E-state index >= 15 is 0 Å². The lowest BCUT2D eigenvalue weighted by Crippen LogP contribution is -2.36. The van der Waals surface area contributed by atoms with Crippen LogP contribution in [0.25, 0.3) is 0 Å². The van der Waals surface area contributed by atoms with Gasteiger partial charge in [-0.25, -0.2) is 4.98 Å². The van der Waals surface area contributed by atoms with Crippen molar-refractivity contribution in [3.05, 3.63) is 24.0 Å². The molecule has 0 atom stereocenters. The molecular formula is C17H23N7O. The van der Waals surface area contributed by atoms with Crippen LogP contribution in [0.15, 0.2) is 18.3 Å². The number of aromatic nitrogens is 4. The Hall–Kier alpha value is -2.48. The highest BCUT2D eigenvalue weighted by Crippen LogP contribution is 2.39. The van der Waals surface area contributed by atoms with Crippen LogP contribution in [-0.4, -0.2) is 51.1 Å². The minimum atomic E-state index is 0.000962. The summed E-state index contributed by atoms with van der Waals surface area (Å²) in [7, 11) is 2.08. The van der Waals surface area contributed by atoms with Crippen molar-refractivity contribution in [3.63, 3.8) is 0 Å². The number of rotatable bonds is 5. The van der Waals surface area contributed by atoms with E-state index in [0.29, 0.717) is 17.7 Å². The highest BCUT2D eigenvalue weighted by Gasteiger charge is 2.26. The van der Waals surface area contributed by atoms with Crippen LogP contribution < -0.4 is 10.6 Å². The summed E-state index contributed by atoms with van der Waals surface area (Å²) in [6, 6.07) is 3.77. The number of aromatic amines is 1. The van der Waals surface area contributed by atoms with E-state index < -0.39 is 0 Å². The second kappa shape index (κ2) is 6.79. The van der Waals surface area contributed by atoms with Crippen molar-refractivity contribution < 1.29 is 4.79 Å². The van der Waals surface area contributed by atoms with Crippen molar-refractivity contribution in [3.8, 4) is 0 Å². The summed E-state index contributed by atoms with van der Waals surface area (Å²) >= 11 is 0. The van der Waals surface area contributed by atoms with Gasteiger partial charge in [0.25, 0.3) is 0 Å². The molecule has 1 aliphatic carbocycles. The van der Waals surface area contributed by atoms with Gasteiger partial charge < -0.3 is 10.2 Å². The van der Waals surface area contributed by atoms with Crippen LogP contribution >= 0.6 is 0 Å². The number of carbonyl (C=O) groups is 1. The number of nitrogens with one attached hydrogen (secondary N) is 3. The summed E-state index contributed by atoms with van der Waals surface area (Å²) in [5.74, 6) is 2.32. The minimum absolute atomic E-state index is 0.000962. The van der Waals surface area contributed by atoms with Crippen LogP contribution in [0.2, 0.25) is 0 Å². The summed E-state index contributed by atoms with van der Waals surface area (Å²) in [5, 5.41) is 13.3. The van der Waals surface area contributed by atoms with E-state index in [1.165, 1.54) is 12.8 Å². The van der Waals surface area contributed by atoms with Crippen LogP contribution in [0.5, 0.6) is 0 Å². The van der Waals surface area contributed by atoms with E-state index in [4.69, 9.17) is 0 Å². The molecule has 0 unspecified atom stereocenters. The highest BCUT2D eigenvalue weighted by atomic mass is 16.2. The van der Waals surface area contributed by atoms with Gasteiger partial charge in [0.05, 0.1) is 0 Å². The topological polar surface area (TPSA) is 98.8 Å². The van der Waals surface area contributed by atoms with Gasteiger partial charge >= 0.3 is 0 Å². The zero-order valence-corrected chi connectivity index (χ0v) is 14.3. The number of likely N-dealkylation sites (tertiary alicyclic amines) is 1. The first-order valence-electron chi connectivity index (χ1n) is 8.82. The molecule has 2 aromatic heterocycles. The molecule has 2 fully saturated rings. The maximum atomic E-state index is 12.4. The molecule has 8 heteroatoms. The zero-order valence-electron chi connectivity index (χ0n) is 14.3. The van der Waals surface area contributed by atoms with Gasteiger partial charge in [0, 0.05) is 29.8 Å². The summed E-state index contributed by atoms with van der Waals surface area (Å²) in [4.78, 5) is 23.1. The first kappa shape index (κ1) is 16.0. The van der Waals surface area contributed by atoms with Crippen LogP contribution in [0.3, 0.4) is 0 Å². The molecule has 3 N–H and O–H groups in total. The molecule has 25 heavy (non-hydrogen) atoms. The third-order valence-electron chi connectivity index (χ3n) is 4.85. The SMILES string of the molecule is CN1CCC(C(=O)Nc2nccc(Nc3cc(C4CC4)[nH]n3)n2)CC1. The highest BCUT2D eigenvalue weighted by molar-refractivity contribution is 5.91. The van der Waals surface area contributed by atoms with Crippen molar-refractivity contribution in [2.24, 2.45) is 5.92 Å². The number of hydrogen-bond donors (Lipinski definition) is 3. The van der Waals surface area contributed by atoms with E-state index in [0.717, 1.165) is 37.4 Å². The summed E-state index contributed by atoms with van der Waals surface area (Å²) in [6.07, 6.45) is 5.83. The number of hydrogen-bond acceptors (Lipinski definition) is 6. The Bertz CT molecular complexity index is 747. The summed E-state index contributed by atoms with van der Waals surface area (Å²) < 4.78 is 0. The number of carbonyl (C=O) groups excluding carboxylic acids is 1. The lowest BCUT2D eigenvalue weighted by molar-refractivity contribution is -0.121. The molecule has 1 amide bonds. The van der Waals surface area contributed by atoms with E-state index in [-0.39, 0.29) is 11.8 Å². The number of H-pyrrole nitrogens is 1. The normalized spacial score (nSPS) is 18.9. The maximum Gasteiger partial charge on any atom is 0.231 e. The Morgan fingerprint density at radius 2 is 2.04 bits per heavy atom. The van der Waals surface area contributed by atoms with E-state index in [1.54, 1.807) is 12.3 Å². The minimum Gasteiger partial charge on any atom is -0.323 e. The average molecular weight is 341 g/mol. The van der Waals surface area contributed by atoms with Crippen molar-refractivity contribution in [1.82, 2.24) is 25.1 Å². The Balaban J connectivity index is 1.37. The Kier molecular flexibility index (Phi) is 4.35. The van der Waals surface area contributed by atoms with E-state index in [9.17, 15) is 4.79 Å². The van der Waals surface area contributed by atoms with Crippen molar-refractivity contribution in [2.75, 3.05) is 30.8 Å². The number of nitrogens with zero attached hydrogens (tertiary/aromatic N) is 4. The number of piperidine rings is 1. The van der Waals surface area contributed by atoms with E-state index in [1.807, 2.05) is 6.07 Å². The first-order chi connectivity index (χ1) is 12.2. The Morgan fingerprint density at radius 3 is 2.80 bits per heavy atom. The van der Waals surface area contributed by atoms with Crippen LogP contribution in [0.1, 0.15) is 37.3 Å². The Labute approximate surface area is 146 Å². The lowest BCUT2D eigenvalue weighted by Gasteiger charge is -2.27. The molecule has 3 heterocycles. The fourth-order valence-electron chi connectivity index (χ4n) is 3.11. The summed E-state index contributed by atoms with van der Waals surface area (Å²) in [6.45, 7) is 1.89. The molecular weight excluding hydrogens is 318 g/mol. The van der Waals surface area contributed by atoms with Gasteiger partial charge in [-0.3, -0.25) is 15.2 Å². The van der Waals surface area contributed by atoms with Crippen LogP contribution in [0.4, 0.5) is 17.6 Å². The fraction of sp³-hybridized carbons (Fsp3) is 0.529. The lowest BCUT2D eigenvalue weighted by atomic mass is 9.96. The smallest absolute Gasteiger partial charge is 0.231 e. The zero-order chi connectivity index (χ0) is 17.2. The molecule has 8 nitrogen and oxygen atoms in total. The molecule has 1 saturated heterocycles. The number of anilines is 3. The largest absolute Gasteiger partial charge is 0.323 e. The maximum absolute atomic E-state index is 12.4. The van der Waals surface area contributed by atoms with Gasteiger partial charge in [-0.15, -0.1) is 0 Å². The molecule has 0 spiro atoms. The predicted molar refractivity (Wildman–Crippen MR) is 94.7 cm³/mol. The van der Waals surface area contributed by atoms with Crippen molar-refractivity contribution in [2.45, 2.75) is 31.6 Å². The van der Waals surface area contributed by atoms with Crippen LogP contribution in [0, 0.1) is 5.92 Å². The quantitative estimate of drug-likeness (QED) is 0.770. The third-order valence-corrected chi connectivity index (χ3v) is 4.85. The monoisotopic (exact) mass is 341 g/mol. The standard InChI is InChI=1S/C17H23N7O/c1-24-8-5-12(6-9-24)16(25)21-17-18-7-4-14(20-17)19-15-10-13(22-23-15)11-2-3-11/h4,7,10-12H,2-3,5-6,8-9H2,1H3,(H3,18,19,20,21,22,23,25). The molecule has 0 radical (unpaired) electrons. The molecule has 0 bridgehead atoms. The van der Waals surface area contributed by atoms with Crippen molar-refractivity contribution in [1.29, 1.82) is 0 Å². The molecule has 0 aromatic carbocycles. The second-order valence-corrected chi connectivity index (χ2v) is 6.94. The third kappa shape index (κ3) is 3.96. The predicted octanol–water partition coefficient (Wildman–Crippen LogP) is 2.10. The Morgan fingerprint density at radius 1 is 1.24 bits per heavy atom. The van der Waals surface area contributed by atoms with E-state index in [2.05, 4.69) is 42.7 Å². The van der Waals surface area contributed by atoms with Gasteiger partial charge in [-0.2, -0.15) is 10.1 Å². The van der Waals surface area contributed by atoms with Crippen LogP contribution in [-0.2, 0) is 4.79 Å². The average Bonchev–Trinajstić information content (AvgIpc) is 3.36. The summed E-state index contributed by atoms with van der Waals surface area (Å²) in [5.41, 5.74) is 1.16. The van der Waals surface area contributed by atoms with Gasteiger partial charge in [0.2, 0.25) is 11.9 Å².